The van der Waals surface area contributed by atoms with Crippen LogP contribution in [0.5, 0.6) is 0 Å². The van der Waals surface area contributed by atoms with Crippen molar-refractivity contribution in [2.75, 3.05) is 0 Å². The van der Waals surface area contributed by atoms with Crippen LogP contribution in [0.15, 0.2) is 140 Å². The molecule has 0 saturated carbocycles. The van der Waals surface area contributed by atoms with Gasteiger partial charge in [-0.1, -0.05) is 127 Å². The van der Waals surface area contributed by atoms with Crippen LogP contribution >= 0.6 is 22.7 Å². The number of para-hydroxylation sites is 1. The number of hydrogen-bond donors (Lipinski definition) is 0. The van der Waals surface area contributed by atoms with Gasteiger partial charge in [-0.2, -0.15) is 0 Å². The van der Waals surface area contributed by atoms with Gasteiger partial charge in [-0.15, -0.1) is 22.7 Å². The number of benzene rings is 7. The summed E-state index contributed by atoms with van der Waals surface area (Å²) < 4.78 is 7.26. The quantitative estimate of drug-likeness (QED) is 0.190. The maximum atomic E-state index is 5.51. The molecule has 218 valence electrons. The van der Waals surface area contributed by atoms with Crippen molar-refractivity contribution in [1.82, 2.24) is 14.5 Å². The van der Waals surface area contributed by atoms with E-state index >= 15 is 0 Å². The molecule has 0 spiro atoms. The van der Waals surface area contributed by atoms with E-state index in [0.29, 0.717) is 5.95 Å². The molecule has 4 heterocycles. The largest absolute Gasteiger partial charge is 0.276 e. The van der Waals surface area contributed by atoms with E-state index in [0.717, 1.165) is 27.0 Å². The molecule has 0 atom stereocenters. The molecule has 0 saturated heterocycles. The lowest BCUT2D eigenvalue weighted by atomic mass is 9.99. The first kappa shape index (κ1) is 25.6. The molecule has 11 aromatic rings. The first-order chi connectivity index (χ1) is 23.3. The third-order valence-corrected chi connectivity index (χ3v) is 12.0. The number of aromatic nitrogens is 3. The lowest BCUT2D eigenvalue weighted by Gasteiger charge is -2.11. The molecule has 0 amide bonds. The van der Waals surface area contributed by atoms with Gasteiger partial charge in [0.1, 0.15) is 0 Å². The number of rotatable bonds is 2. The fourth-order valence-corrected chi connectivity index (χ4v) is 10.1. The van der Waals surface area contributed by atoms with Crippen LogP contribution in [0, 0.1) is 0 Å². The first-order valence-corrected chi connectivity index (χ1v) is 17.4. The Hall–Kier alpha value is -5.62. The average molecular weight is 634 g/mol. The van der Waals surface area contributed by atoms with Gasteiger partial charge in [-0.25, -0.2) is 9.97 Å². The number of nitrogens with zero attached hydrogens (tertiary/aromatic N) is 3. The van der Waals surface area contributed by atoms with Gasteiger partial charge in [-0.05, 0) is 33.7 Å². The van der Waals surface area contributed by atoms with Crippen LogP contribution in [0.25, 0.3) is 101 Å². The highest BCUT2D eigenvalue weighted by Gasteiger charge is 2.24. The van der Waals surface area contributed by atoms with Gasteiger partial charge < -0.3 is 0 Å². The Morgan fingerprint density at radius 1 is 0.447 bits per heavy atom. The molecular weight excluding hydrogens is 611 g/mol. The van der Waals surface area contributed by atoms with Gasteiger partial charge in [0, 0.05) is 41.9 Å². The van der Waals surface area contributed by atoms with Crippen LogP contribution < -0.4 is 0 Å². The predicted octanol–water partition coefficient (Wildman–Crippen LogP) is 12.3. The summed E-state index contributed by atoms with van der Waals surface area (Å²) in [4.78, 5) is 11.0. The van der Waals surface area contributed by atoms with E-state index in [9.17, 15) is 0 Å². The van der Waals surface area contributed by atoms with Gasteiger partial charge >= 0.3 is 0 Å². The zero-order chi connectivity index (χ0) is 30.6. The van der Waals surface area contributed by atoms with Gasteiger partial charge in [0.05, 0.1) is 31.6 Å². The second-order valence-corrected chi connectivity index (χ2v) is 14.2. The second-order valence-electron chi connectivity index (χ2n) is 12.1. The minimum absolute atomic E-state index is 0.699. The van der Waals surface area contributed by atoms with Crippen molar-refractivity contribution in [3.05, 3.63) is 140 Å². The Kier molecular flexibility index (Phi) is 5.14. The topological polar surface area (TPSA) is 30.7 Å². The zero-order valence-corrected chi connectivity index (χ0v) is 26.6. The molecule has 0 aliphatic rings. The molecule has 0 radical (unpaired) electrons. The Morgan fingerprint density at radius 2 is 1.13 bits per heavy atom. The molecule has 0 aliphatic heterocycles. The van der Waals surface area contributed by atoms with Crippen LogP contribution in [0.3, 0.4) is 0 Å². The summed E-state index contributed by atoms with van der Waals surface area (Å²) in [6.07, 6.45) is 0. The molecule has 0 N–H and O–H groups in total. The molecule has 0 unspecified atom stereocenters. The summed E-state index contributed by atoms with van der Waals surface area (Å²) in [5.41, 5.74) is 5.34. The fraction of sp³-hybridized carbons (Fsp3) is 0. The van der Waals surface area contributed by atoms with E-state index in [1.807, 2.05) is 11.3 Å². The molecule has 0 bridgehead atoms. The molecule has 0 aliphatic carbocycles. The Bertz CT molecular complexity index is 3070. The van der Waals surface area contributed by atoms with Crippen molar-refractivity contribution >= 4 is 106 Å². The van der Waals surface area contributed by atoms with Crippen molar-refractivity contribution in [2.24, 2.45) is 0 Å². The van der Waals surface area contributed by atoms with E-state index < -0.39 is 0 Å². The molecule has 11 rings (SSSR count). The zero-order valence-electron chi connectivity index (χ0n) is 24.9. The van der Waals surface area contributed by atoms with Gasteiger partial charge in [-0.3, -0.25) is 4.57 Å². The summed E-state index contributed by atoms with van der Waals surface area (Å²) in [5, 5.41) is 11.3. The van der Waals surface area contributed by atoms with Crippen molar-refractivity contribution in [3.8, 4) is 17.2 Å². The monoisotopic (exact) mass is 633 g/mol. The lowest BCUT2D eigenvalue weighted by Crippen LogP contribution is -2.02. The normalized spacial score (nSPS) is 12.3. The average Bonchev–Trinajstić information content (AvgIpc) is 3.82. The Labute approximate surface area is 276 Å². The Morgan fingerprint density at radius 3 is 1.98 bits per heavy atom. The van der Waals surface area contributed by atoms with Gasteiger partial charge in [0.15, 0.2) is 0 Å². The van der Waals surface area contributed by atoms with Crippen LogP contribution in [0.2, 0.25) is 0 Å². The number of hydrogen-bond acceptors (Lipinski definition) is 4. The minimum Gasteiger partial charge on any atom is -0.276 e. The minimum atomic E-state index is 0.699. The maximum absolute atomic E-state index is 5.51. The SMILES string of the molecule is c1ccc(-c2nc(-n3c4ccccc4c4c5ccccc5c5c6ccccc6sc5c43)nc3c2sc2c4ccccc4ccc32)cc1. The summed E-state index contributed by atoms with van der Waals surface area (Å²) in [6, 6.07) is 50.1. The van der Waals surface area contributed by atoms with Crippen LogP contribution in [-0.2, 0) is 0 Å². The molecule has 7 aromatic carbocycles. The standard InChI is InChI=1S/C42H23N3S2/c1-2-13-25(14-3-1)36-41-37(31-23-22-24-12-4-5-15-26(24)39(31)47-41)44-42(43-36)45-32-20-10-8-18-29(32)34-27-16-6-7-17-28(27)35-30-19-9-11-21-33(30)46-40(35)38(34)45/h1-23H. The molecule has 3 nitrogen and oxygen atoms in total. The van der Waals surface area contributed by atoms with Crippen molar-refractivity contribution in [1.29, 1.82) is 0 Å². The summed E-state index contributed by atoms with van der Waals surface area (Å²) >= 11 is 3.67. The summed E-state index contributed by atoms with van der Waals surface area (Å²) in [6.45, 7) is 0. The highest BCUT2D eigenvalue weighted by molar-refractivity contribution is 7.27. The van der Waals surface area contributed by atoms with Crippen molar-refractivity contribution in [2.45, 2.75) is 0 Å². The third-order valence-electron chi connectivity index (χ3n) is 9.59. The van der Waals surface area contributed by atoms with E-state index in [1.165, 1.54) is 68.1 Å². The third kappa shape index (κ3) is 3.45. The molecular formula is C42H23N3S2. The number of thiophene rings is 2. The highest BCUT2D eigenvalue weighted by Crippen LogP contribution is 2.48. The van der Waals surface area contributed by atoms with E-state index in [2.05, 4.69) is 144 Å². The van der Waals surface area contributed by atoms with E-state index in [4.69, 9.17) is 9.97 Å². The molecule has 4 aromatic heterocycles. The van der Waals surface area contributed by atoms with Crippen LogP contribution in [0.4, 0.5) is 0 Å². The highest BCUT2D eigenvalue weighted by atomic mass is 32.1. The van der Waals surface area contributed by atoms with E-state index in [1.54, 1.807) is 11.3 Å². The van der Waals surface area contributed by atoms with Crippen LogP contribution in [-0.4, -0.2) is 14.5 Å². The fourth-order valence-electron chi connectivity index (χ4n) is 7.59. The maximum Gasteiger partial charge on any atom is 0.235 e. The number of fused-ring (bicyclic) bond motifs is 15. The molecule has 5 heteroatoms. The van der Waals surface area contributed by atoms with E-state index in [-0.39, 0.29) is 0 Å². The predicted molar refractivity (Wildman–Crippen MR) is 203 cm³/mol. The summed E-state index contributed by atoms with van der Waals surface area (Å²) in [7, 11) is 0. The van der Waals surface area contributed by atoms with Crippen LogP contribution in [0.1, 0.15) is 0 Å². The second kappa shape index (κ2) is 9.46. The summed E-state index contributed by atoms with van der Waals surface area (Å²) in [5.74, 6) is 0.699. The van der Waals surface area contributed by atoms with Gasteiger partial charge in [0.25, 0.3) is 0 Å². The van der Waals surface area contributed by atoms with Crippen molar-refractivity contribution in [3.63, 3.8) is 0 Å². The molecule has 0 fully saturated rings. The first-order valence-electron chi connectivity index (χ1n) is 15.8. The van der Waals surface area contributed by atoms with Crippen molar-refractivity contribution < 1.29 is 0 Å². The Balaban J connectivity index is 1.38. The van der Waals surface area contributed by atoms with Gasteiger partial charge in [0.2, 0.25) is 5.95 Å². The smallest absolute Gasteiger partial charge is 0.235 e. The molecule has 47 heavy (non-hydrogen) atoms. The lowest BCUT2D eigenvalue weighted by molar-refractivity contribution is 1.02.